The quantitative estimate of drug-likeness (QED) is 0.834. The monoisotopic (exact) mass is 316 g/mol. The van der Waals surface area contributed by atoms with Crippen molar-refractivity contribution in [2.45, 2.75) is 12.8 Å². The molecule has 0 saturated heterocycles. The predicted molar refractivity (Wildman–Crippen MR) is 74.7 cm³/mol. The standard InChI is InChI=1S/C14H12ClF3N2O/c1-21-8-9-3-2-4-11(5-9)19-13-7-10(14(16,17)18)6-12(15)20-13/h2-7H,8H2,1H3,(H,19,20). The SMILES string of the molecule is COCc1cccc(Nc2cc(C(F)(F)F)cc(Cl)n2)c1. The zero-order chi connectivity index (χ0) is 15.5. The van der Waals surface area contributed by atoms with Crippen molar-refractivity contribution in [3.8, 4) is 0 Å². The number of methoxy groups -OCH3 is 1. The van der Waals surface area contributed by atoms with Crippen molar-refractivity contribution in [2.24, 2.45) is 0 Å². The van der Waals surface area contributed by atoms with Crippen molar-refractivity contribution in [3.05, 3.63) is 52.7 Å². The second-order valence-corrected chi connectivity index (χ2v) is 4.71. The van der Waals surface area contributed by atoms with Gasteiger partial charge in [0, 0.05) is 12.8 Å². The number of nitrogens with one attached hydrogen (secondary N) is 1. The molecule has 0 amide bonds. The Balaban J connectivity index is 2.27. The van der Waals surface area contributed by atoms with Gasteiger partial charge < -0.3 is 10.1 Å². The fraction of sp³-hybridized carbons (Fsp3) is 0.214. The summed E-state index contributed by atoms with van der Waals surface area (Å²) in [5.41, 5.74) is 0.645. The topological polar surface area (TPSA) is 34.1 Å². The van der Waals surface area contributed by atoms with Gasteiger partial charge in [-0.05, 0) is 29.8 Å². The molecule has 0 aliphatic heterocycles. The van der Waals surface area contributed by atoms with Crippen LogP contribution in [0.25, 0.3) is 0 Å². The summed E-state index contributed by atoms with van der Waals surface area (Å²) in [6.45, 7) is 0.409. The van der Waals surface area contributed by atoms with Crippen molar-refractivity contribution < 1.29 is 17.9 Å². The number of pyridine rings is 1. The van der Waals surface area contributed by atoms with Gasteiger partial charge in [0.25, 0.3) is 0 Å². The summed E-state index contributed by atoms with van der Waals surface area (Å²) in [5, 5.41) is 2.58. The van der Waals surface area contributed by atoms with Crippen LogP contribution in [0.5, 0.6) is 0 Å². The molecule has 1 N–H and O–H groups in total. The summed E-state index contributed by atoms with van der Waals surface area (Å²) in [4.78, 5) is 3.84. The Morgan fingerprint density at radius 1 is 1.24 bits per heavy atom. The van der Waals surface area contributed by atoms with Crippen LogP contribution in [-0.4, -0.2) is 12.1 Å². The lowest BCUT2D eigenvalue weighted by atomic mass is 10.2. The zero-order valence-corrected chi connectivity index (χ0v) is 11.8. The number of nitrogens with zero attached hydrogens (tertiary/aromatic N) is 1. The van der Waals surface area contributed by atoms with Crippen LogP contribution in [-0.2, 0) is 17.5 Å². The minimum Gasteiger partial charge on any atom is -0.380 e. The molecule has 0 bridgehead atoms. The van der Waals surface area contributed by atoms with Gasteiger partial charge in [0.2, 0.25) is 0 Å². The third-order valence-electron chi connectivity index (χ3n) is 2.63. The first-order chi connectivity index (χ1) is 9.88. The molecule has 0 unspecified atom stereocenters. The number of anilines is 2. The van der Waals surface area contributed by atoms with Gasteiger partial charge in [0.05, 0.1) is 12.2 Å². The molecule has 0 aliphatic carbocycles. The Labute approximate surface area is 124 Å². The van der Waals surface area contributed by atoms with Gasteiger partial charge in [-0.1, -0.05) is 23.7 Å². The summed E-state index contributed by atoms with van der Waals surface area (Å²) in [6.07, 6.45) is -4.47. The molecule has 0 aliphatic rings. The number of aromatic nitrogens is 1. The average Bonchev–Trinajstić information content (AvgIpc) is 2.38. The fourth-order valence-corrected chi connectivity index (χ4v) is 1.99. The van der Waals surface area contributed by atoms with Gasteiger partial charge in [-0.3, -0.25) is 0 Å². The maximum absolute atomic E-state index is 12.7. The fourth-order valence-electron chi connectivity index (χ4n) is 1.78. The molecule has 1 aromatic heterocycles. The van der Waals surface area contributed by atoms with E-state index in [2.05, 4.69) is 10.3 Å². The highest BCUT2D eigenvalue weighted by Gasteiger charge is 2.31. The third-order valence-corrected chi connectivity index (χ3v) is 2.83. The first-order valence-corrected chi connectivity index (χ1v) is 6.36. The number of benzene rings is 1. The Morgan fingerprint density at radius 2 is 2.00 bits per heavy atom. The van der Waals surface area contributed by atoms with Crippen LogP contribution in [0.15, 0.2) is 36.4 Å². The molecular weight excluding hydrogens is 305 g/mol. The lowest BCUT2D eigenvalue weighted by molar-refractivity contribution is -0.137. The van der Waals surface area contributed by atoms with Crippen molar-refractivity contribution in [1.29, 1.82) is 0 Å². The van der Waals surface area contributed by atoms with E-state index in [9.17, 15) is 13.2 Å². The van der Waals surface area contributed by atoms with E-state index in [1.807, 2.05) is 6.07 Å². The molecule has 2 rings (SSSR count). The van der Waals surface area contributed by atoms with Gasteiger partial charge in [0.1, 0.15) is 11.0 Å². The van der Waals surface area contributed by atoms with Crippen LogP contribution in [0.4, 0.5) is 24.7 Å². The van der Waals surface area contributed by atoms with Crippen molar-refractivity contribution in [2.75, 3.05) is 12.4 Å². The molecule has 3 nitrogen and oxygen atoms in total. The van der Waals surface area contributed by atoms with Crippen molar-refractivity contribution >= 4 is 23.1 Å². The number of hydrogen-bond donors (Lipinski definition) is 1. The Morgan fingerprint density at radius 3 is 2.67 bits per heavy atom. The first-order valence-electron chi connectivity index (χ1n) is 5.98. The van der Waals surface area contributed by atoms with E-state index in [4.69, 9.17) is 16.3 Å². The Hall–Kier alpha value is -1.79. The Kier molecular flexibility index (Phi) is 4.69. The van der Waals surface area contributed by atoms with E-state index in [1.54, 1.807) is 25.3 Å². The minimum absolute atomic E-state index is 0.0318. The minimum atomic E-state index is -4.47. The summed E-state index contributed by atoms with van der Waals surface area (Å²) >= 11 is 5.63. The van der Waals surface area contributed by atoms with E-state index in [0.29, 0.717) is 12.3 Å². The molecule has 0 spiro atoms. The highest BCUT2D eigenvalue weighted by atomic mass is 35.5. The summed E-state index contributed by atoms with van der Waals surface area (Å²) in [7, 11) is 1.56. The van der Waals surface area contributed by atoms with Crippen molar-refractivity contribution in [1.82, 2.24) is 4.98 Å². The maximum atomic E-state index is 12.7. The van der Waals surface area contributed by atoms with Gasteiger partial charge in [-0.15, -0.1) is 0 Å². The number of rotatable bonds is 4. The molecule has 7 heteroatoms. The Bertz CT molecular complexity index is 632. The number of halogens is 4. The highest BCUT2D eigenvalue weighted by molar-refractivity contribution is 6.29. The summed E-state index contributed by atoms with van der Waals surface area (Å²) < 4.78 is 43.2. The number of ether oxygens (including phenoxy) is 1. The average molecular weight is 317 g/mol. The molecule has 1 aromatic carbocycles. The number of alkyl halides is 3. The van der Waals surface area contributed by atoms with Gasteiger partial charge in [-0.2, -0.15) is 13.2 Å². The van der Waals surface area contributed by atoms with Gasteiger partial charge in [-0.25, -0.2) is 4.98 Å². The molecule has 112 valence electrons. The summed E-state index contributed by atoms with van der Waals surface area (Å²) in [5.74, 6) is 0.0318. The lowest BCUT2D eigenvalue weighted by Gasteiger charge is -2.11. The molecule has 0 fully saturated rings. The number of hydrogen-bond acceptors (Lipinski definition) is 3. The first kappa shape index (κ1) is 15.6. The van der Waals surface area contributed by atoms with E-state index < -0.39 is 11.7 Å². The van der Waals surface area contributed by atoms with E-state index in [1.165, 1.54) is 0 Å². The molecular formula is C14H12ClF3N2O. The van der Waals surface area contributed by atoms with E-state index in [0.717, 1.165) is 17.7 Å². The lowest BCUT2D eigenvalue weighted by Crippen LogP contribution is -2.06. The van der Waals surface area contributed by atoms with Crippen LogP contribution >= 0.6 is 11.6 Å². The summed E-state index contributed by atoms with van der Waals surface area (Å²) in [6, 6.07) is 8.80. The molecule has 0 saturated carbocycles. The van der Waals surface area contributed by atoms with Crippen molar-refractivity contribution in [3.63, 3.8) is 0 Å². The highest BCUT2D eigenvalue weighted by Crippen LogP contribution is 2.32. The molecule has 2 aromatic rings. The van der Waals surface area contributed by atoms with Crippen LogP contribution in [0, 0.1) is 0 Å². The normalized spacial score (nSPS) is 11.5. The maximum Gasteiger partial charge on any atom is 0.416 e. The van der Waals surface area contributed by atoms with E-state index >= 15 is 0 Å². The van der Waals surface area contributed by atoms with Gasteiger partial charge >= 0.3 is 6.18 Å². The van der Waals surface area contributed by atoms with Crippen LogP contribution in [0.1, 0.15) is 11.1 Å². The van der Waals surface area contributed by atoms with Crippen LogP contribution in [0.2, 0.25) is 5.15 Å². The second-order valence-electron chi connectivity index (χ2n) is 4.32. The zero-order valence-electron chi connectivity index (χ0n) is 11.0. The van der Waals surface area contributed by atoms with Crippen LogP contribution < -0.4 is 5.32 Å². The smallest absolute Gasteiger partial charge is 0.380 e. The molecule has 0 atom stereocenters. The largest absolute Gasteiger partial charge is 0.416 e. The third kappa shape index (κ3) is 4.34. The second kappa shape index (κ2) is 6.32. The predicted octanol–water partition coefficient (Wildman–Crippen LogP) is 4.64. The molecule has 21 heavy (non-hydrogen) atoms. The van der Waals surface area contributed by atoms with Crippen LogP contribution in [0.3, 0.4) is 0 Å². The van der Waals surface area contributed by atoms with E-state index in [-0.39, 0.29) is 11.0 Å². The van der Waals surface area contributed by atoms with Gasteiger partial charge in [0.15, 0.2) is 0 Å². The molecule has 1 heterocycles. The molecule has 0 radical (unpaired) electrons.